The summed E-state index contributed by atoms with van der Waals surface area (Å²) in [5, 5.41) is -0.464. The largest absolute Gasteiger partial charge is 0.416 e. The van der Waals surface area contributed by atoms with Gasteiger partial charge in [-0.1, -0.05) is 12.1 Å². The third kappa shape index (κ3) is 5.16. The van der Waals surface area contributed by atoms with Gasteiger partial charge in [-0.3, -0.25) is 4.79 Å². The normalized spacial score (nSPS) is 18.2. The molecule has 37 heavy (non-hydrogen) atoms. The number of alkyl halides is 3. The number of likely N-dealkylation sites (tertiary alicyclic amines) is 1. The minimum Gasteiger partial charge on any atom is -0.339 e. The number of amides is 1. The molecule has 1 saturated carbocycles. The van der Waals surface area contributed by atoms with Gasteiger partial charge >= 0.3 is 6.18 Å². The van der Waals surface area contributed by atoms with Crippen LogP contribution in [0.4, 0.5) is 13.2 Å². The lowest BCUT2D eigenvalue weighted by atomic mass is 9.85. The molecule has 2 aliphatic rings. The van der Waals surface area contributed by atoms with Crippen LogP contribution in [0.2, 0.25) is 0 Å². The quantitative estimate of drug-likeness (QED) is 0.496. The lowest BCUT2D eigenvalue weighted by Crippen LogP contribution is -2.47. The molecule has 0 radical (unpaired) electrons. The van der Waals surface area contributed by atoms with E-state index >= 15 is 0 Å². The summed E-state index contributed by atoms with van der Waals surface area (Å²) in [6, 6.07) is 8.50. The molecule has 6 nitrogen and oxygen atoms in total. The van der Waals surface area contributed by atoms with Crippen LogP contribution in [0.1, 0.15) is 61.0 Å². The first kappa shape index (κ1) is 27.6. The fourth-order valence-corrected chi connectivity index (χ4v) is 8.66. The van der Waals surface area contributed by atoms with E-state index in [1.807, 2.05) is 0 Å². The molecular formula is C26H30F3NO5S2. The molecule has 1 heterocycles. The molecular weight excluding hydrogens is 527 g/mol. The third-order valence-electron chi connectivity index (χ3n) is 7.57. The highest BCUT2D eigenvalue weighted by Crippen LogP contribution is 2.40. The molecule has 0 N–H and O–H groups in total. The minimum atomic E-state index is -4.66. The maximum Gasteiger partial charge on any atom is 0.416 e. The Morgan fingerprint density at radius 2 is 1.54 bits per heavy atom. The number of sulfone groups is 2. The Kier molecular flexibility index (Phi) is 7.03. The average molecular weight is 558 g/mol. The number of halogens is 3. The topological polar surface area (TPSA) is 88.6 Å². The number of benzene rings is 2. The van der Waals surface area contributed by atoms with Crippen LogP contribution in [0, 0.1) is 12.8 Å². The first-order valence-electron chi connectivity index (χ1n) is 12.1. The molecule has 2 aromatic carbocycles. The fraction of sp³-hybridized carbons (Fsp3) is 0.500. The third-order valence-corrected chi connectivity index (χ3v) is 12.5. The molecule has 11 heteroatoms. The molecule has 0 aromatic heterocycles. The van der Waals surface area contributed by atoms with Crippen LogP contribution in [0.5, 0.6) is 0 Å². The van der Waals surface area contributed by atoms with E-state index in [1.165, 1.54) is 36.9 Å². The van der Waals surface area contributed by atoms with Gasteiger partial charge in [0.05, 0.1) is 30.9 Å². The van der Waals surface area contributed by atoms with Crippen LogP contribution < -0.4 is 0 Å². The number of piperidine rings is 1. The highest BCUT2D eigenvalue weighted by Gasteiger charge is 2.45. The molecule has 0 atom stereocenters. The lowest BCUT2D eigenvalue weighted by molar-refractivity contribution is -0.137. The first-order chi connectivity index (χ1) is 17.1. The van der Waals surface area contributed by atoms with Gasteiger partial charge in [-0.15, -0.1) is 0 Å². The van der Waals surface area contributed by atoms with Crippen molar-refractivity contribution in [3.63, 3.8) is 0 Å². The zero-order chi connectivity index (χ0) is 27.4. The molecule has 1 aliphatic heterocycles. The molecule has 202 valence electrons. The molecule has 0 bridgehead atoms. The van der Waals surface area contributed by atoms with E-state index in [-0.39, 0.29) is 28.4 Å². The van der Waals surface area contributed by atoms with E-state index in [0.717, 1.165) is 17.7 Å². The predicted molar refractivity (Wildman–Crippen MR) is 133 cm³/mol. The Bertz CT molecular complexity index is 1420. The Morgan fingerprint density at radius 3 is 2.11 bits per heavy atom. The summed E-state index contributed by atoms with van der Waals surface area (Å²) in [4.78, 5) is 14.5. The summed E-state index contributed by atoms with van der Waals surface area (Å²) in [6.07, 6.45) is -2.89. The van der Waals surface area contributed by atoms with Crippen LogP contribution >= 0.6 is 0 Å². The lowest BCUT2D eigenvalue weighted by Gasteiger charge is -2.40. The average Bonchev–Trinajstić information content (AvgIpc) is 3.69. The van der Waals surface area contributed by atoms with Crippen molar-refractivity contribution in [2.24, 2.45) is 5.92 Å². The Hall–Kier alpha value is -2.40. The molecule has 2 fully saturated rings. The van der Waals surface area contributed by atoms with Gasteiger partial charge in [-0.25, -0.2) is 16.8 Å². The Labute approximate surface area is 215 Å². The van der Waals surface area contributed by atoms with Crippen molar-refractivity contribution in [3.8, 4) is 0 Å². The van der Waals surface area contributed by atoms with Crippen LogP contribution in [-0.2, 0) is 25.9 Å². The van der Waals surface area contributed by atoms with Crippen LogP contribution in [0.15, 0.2) is 52.3 Å². The van der Waals surface area contributed by atoms with E-state index in [4.69, 9.17) is 0 Å². The SMILES string of the molecule is Cc1ccc(C(=O)N2CCC(C(C)(C)S(=O)(=O)c3cccc(C(F)(F)F)c3)CC2)c(S(=O)(=O)C2CC2)c1. The molecule has 2 aromatic rings. The first-order valence-corrected chi connectivity index (χ1v) is 15.2. The second-order valence-corrected chi connectivity index (χ2v) is 15.2. The van der Waals surface area contributed by atoms with E-state index in [1.54, 1.807) is 13.0 Å². The smallest absolute Gasteiger partial charge is 0.339 e. The molecule has 4 rings (SSSR count). The maximum absolute atomic E-state index is 13.4. The van der Waals surface area contributed by atoms with Gasteiger partial charge in [0.2, 0.25) is 0 Å². The monoisotopic (exact) mass is 557 g/mol. The van der Waals surface area contributed by atoms with Crippen molar-refractivity contribution in [1.29, 1.82) is 0 Å². The number of aryl methyl sites for hydroxylation is 1. The van der Waals surface area contributed by atoms with E-state index in [0.29, 0.717) is 31.7 Å². The number of nitrogens with zero attached hydrogens (tertiary/aromatic N) is 1. The van der Waals surface area contributed by atoms with Gasteiger partial charge in [0.25, 0.3) is 5.91 Å². The van der Waals surface area contributed by atoms with Gasteiger partial charge in [0.1, 0.15) is 0 Å². The van der Waals surface area contributed by atoms with Crippen molar-refractivity contribution < 1.29 is 34.8 Å². The van der Waals surface area contributed by atoms with Crippen molar-refractivity contribution in [2.45, 2.75) is 72.4 Å². The van der Waals surface area contributed by atoms with Gasteiger partial charge in [-0.2, -0.15) is 13.2 Å². The van der Waals surface area contributed by atoms with Crippen molar-refractivity contribution >= 4 is 25.6 Å². The van der Waals surface area contributed by atoms with Gasteiger partial charge in [0.15, 0.2) is 19.7 Å². The summed E-state index contributed by atoms with van der Waals surface area (Å²) in [7, 11) is -7.73. The summed E-state index contributed by atoms with van der Waals surface area (Å²) >= 11 is 0. The highest BCUT2D eigenvalue weighted by molar-refractivity contribution is 7.93. The van der Waals surface area contributed by atoms with Gasteiger partial charge in [0, 0.05) is 13.1 Å². The molecule has 0 spiro atoms. The van der Waals surface area contributed by atoms with E-state index < -0.39 is 53.2 Å². The van der Waals surface area contributed by atoms with Crippen LogP contribution in [0.3, 0.4) is 0 Å². The number of hydrogen-bond donors (Lipinski definition) is 0. The predicted octanol–water partition coefficient (Wildman–Crippen LogP) is 5.05. The summed E-state index contributed by atoms with van der Waals surface area (Å²) in [5.74, 6) is -0.833. The zero-order valence-corrected chi connectivity index (χ0v) is 22.5. The maximum atomic E-state index is 13.4. The standard InChI is InChI=1S/C26H30F3NO5S2/c1-17-7-10-22(23(15-17)36(32,33)20-8-9-20)24(31)30-13-11-18(12-14-30)25(2,3)37(34,35)21-6-4-5-19(16-21)26(27,28)29/h4-7,10,15-16,18,20H,8-9,11-14H2,1-3H3. The number of rotatable bonds is 6. The molecule has 1 amide bonds. The van der Waals surface area contributed by atoms with Crippen molar-refractivity contribution in [3.05, 3.63) is 59.2 Å². The second-order valence-electron chi connectivity index (χ2n) is 10.4. The number of hydrogen-bond acceptors (Lipinski definition) is 5. The van der Waals surface area contributed by atoms with Gasteiger partial charge in [-0.05, 0) is 88.3 Å². The summed E-state index contributed by atoms with van der Waals surface area (Å²) < 4.78 is 90.9. The van der Waals surface area contributed by atoms with Crippen molar-refractivity contribution in [2.75, 3.05) is 13.1 Å². The number of carbonyl (C=O) groups is 1. The molecule has 1 aliphatic carbocycles. The Morgan fingerprint density at radius 1 is 0.919 bits per heavy atom. The summed E-state index contributed by atoms with van der Waals surface area (Å²) in [6.45, 7) is 5.19. The minimum absolute atomic E-state index is 0.0366. The fourth-order valence-electron chi connectivity index (χ4n) is 4.91. The zero-order valence-electron chi connectivity index (χ0n) is 20.9. The van der Waals surface area contributed by atoms with Crippen molar-refractivity contribution in [1.82, 2.24) is 4.90 Å². The molecule has 0 unspecified atom stereocenters. The van der Waals surface area contributed by atoms with Crippen LogP contribution in [0.25, 0.3) is 0 Å². The number of carbonyl (C=O) groups excluding carboxylic acids is 1. The second kappa shape index (κ2) is 9.41. The van der Waals surface area contributed by atoms with Gasteiger partial charge < -0.3 is 4.90 Å². The van der Waals surface area contributed by atoms with Crippen LogP contribution in [-0.4, -0.2) is 50.7 Å². The van der Waals surface area contributed by atoms with E-state index in [2.05, 4.69) is 0 Å². The Balaban J connectivity index is 1.53. The summed E-state index contributed by atoms with van der Waals surface area (Å²) in [5.41, 5.74) is -0.178. The highest BCUT2D eigenvalue weighted by atomic mass is 32.2. The molecule has 1 saturated heterocycles. The van der Waals surface area contributed by atoms with E-state index in [9.17, 15) is 34.8 Å².